The first-order valence-electron chi connectivity index (χ1n) is 9.46. The molecule has 0 fully saturated rings. The number of nitrogens with one attached hydrogen (secondary N) is 3. The summed E-state index contributed by atoms with van der Waals surface area (Å²) in [6, 6.07) is 8.04. The number of hydrogen-bond acceptors (Lipinski definition) is 8. The molecule has 3 aromatic rings. The number of urea groups is 1. The van der Waals surface area contributed by atoms with Crippen LogP contribution in [0, 0.1) is 17.0 Å². The Morgan fingerprint density at radius 1 is 1.11 bits per heavy atom. The van der Waals surface area contributed by atoms with E-state index in [1.54, 1.807) is 0 Å². The average Bonchev–Trinajstić information content (AvgIpc) is 3.15. The highest BCUT2D eigenvalue weighted by atomic mass is 35.5. The second-order valence-corrected chi connectivity index (χ2v) is 10.4. The van der Waals surface area contributed by atoms with Crippen molar-refractivity contribution in [2.45, 2.75) is 18.1 Å². The Morgan fingerprint density at radius 3 is 2.37 bits per heavy atom. The number of halogens is 2. The highest BCUT2D eigenvalue weighted by molar-refractivity contribution is 7.91. The zero-order chi connectivity index (χ0) is 25.9. The first-order chi connectivity index (χ1) is 16.4. The molecule has 0 aliphatic carbocycles. The van der Waals surface area contributed by atoms with Crippen LogP contribution in [0.3, 0.4) is 0 Å². The summed E-state index contributed by atoms with van der Waals surface area (Å²) < 4.78 is 26.1. The van der Waals surface area contributed by atoms with Crippen LogP contribution in [0.25, 0.3) is 0 Å². The molecule has 0 bridgehead atoms. The number of aryl methyl sites for hydroxylation is 1. The number of nitro benzene ring substituents is 1. The molecule has 3 rings (SSSR count). The van der Waals surface area contributed by atoms with E-state index in [0.29, 0.717) is 16.3 Å². The van der Waals surface area contributed by atoms with E-state index in [2.05, 4.69) is 20.4 Å². The molecule has 0 spiro atoms. The summed E-state index contributed by atoms with van der Waals surface area (Å²) in [7, 11) is -4.41. The molecule has 0 saturated carbocycles. The molecule has 3 N–H and O–H groups in total. The van der Waals surface area contributed by atoms with Crippen LogP contribution in [0.1, 0.15) is 12.6 Å². The Labute approximate surface area is 213 Å². The maximum Gasteiger partial charge on any atom is 0.341 e. The molecule has 0 radical (unpaired) electrons. The summed E-state index contributed by atoms with van der Waals surface area (Å²) in [5.74, 6) is -0.444. The van der Waals surface area contributed by atoms with Gasteiger partial charge < -0.3 is 10.6 Å². The van der Waals surface area contributed by atoms with Crippen molar-refractivity contribution in [1.82, 2.24) is 9.82 Å². The van der Waals surface area contributed by atoms with Gasteiger partial charge in [0, 0.05) is 19.1 Å². The van der Waals surface area contributed by atoms with Crippen molar-refractivity contribution < 1.29 is 22.9 Å². The van der Waals surface area contributed by atoms with Gasteiger partial charge in [-0.15, -0.1) is 4.83 Å². The van der Waals surface area contributed by atoms with E-state index in [1.165, 1.54) is 44.2 Å². The number of nitro groups is 1. The molecule has 1 aromatic heterocycles. The summed E-state index contributed by atoms with van der Waals surface area (Å²) in [5.41, 5.74) is -0.141. The van der Waals surface area contributed by atoms with Crippen molar-refractivity contribution in [3.05, 3.63) is 68.3 Å². The number of aromatic nitrogens is 1. The zero-order valence-corrected chi connectivity index (χ0v) is 21.0. The fourth-order valence-electron chi connectivity index (χ4n) is 2.70. The van der Waals surface area contributed by atoms with E-state index in [4.69, 9.17) is 23.2 Å². The van der Waals surface area contributed by atoms with Crippen LogP contribution in [-0.2, 0) is 14.8 Å². The second kappa shape index (κ2) is 10.5. The maximum atomic E-state index is 13.2. The Hall–Kier alpha value is -3.30. The molecule has 0 atom stereocenters. The summed E-state index contributed by atoms with van der Waals surface area (Å²) in [6.07, 6.45) is 0. The van der Waals surface area contributed by atoms with Crippen molar-refractivity contribution in [2.24, 2.45) is 0 Å². The van der Waals surface area contributed by atoms with Gasteiger partial charge in [-0.1, -0.05) is 40.6 Å². The van der Waals surface area contributed by atoms with Crippen LogP contribution < -0.4 is 20.5 Å². The quantitative estimate of drug-likeness (QED) is 0.282. The number of rotatable bonds is 7. The lowest BCUT2D eigenvalue weighted by molar-refractivity contribution is -0.384. The van der Waals surface area contributed by atoms with Crippen LogP contribution in [0.2, 0.25) is 10.0 Å². The summed E-state index contributed by atoms with van der Waals surface area (Å²) in [6.45, 7) is 2.66. The molecule has 3 amide bonds. The van der Waals surface area contributed by atoms with Crippen molar-refractivity contribution in [2.75, 3.05) is 15.6 Å². The van der Waals surface area contributed by atoms with Gasteiger partial charge in [0.25, 0.3) is 15.7 Å². The Kier molecular flexibility index (Phi) is 7.92. The first-order valence-corrected chi connectivity index (χ1v) is 12.5. The number of thiazole rings is 1. The molecule has 2 aromatic carbocycles. The number of benzene rings is 2. The fraction of sp³-hybridized carbons (Fsp3) is 0.105. The van der Waals surface area contributed by atoms with Gasteiger partial charge in [-0.05, 0) is 31.2 Å². The van der Waals surface area contributed by atoms with Crippen LogP contribution in [0.5, 0.6) is 0 Å². The van der Waals surface area contributed by atoms with Gasteiger partial charge >= 0.3 is 6.03 Å². The lowest BCUT2D eigenvalue weighted by Gasteiger charge is -2.23. The van der Waals surface area contributed by atoms with Gasteiger partial charge in [0.1, 0.15) is 0 Å². The van der Waals surface area contributed by atoms with Crippen molar-refractivity contribution in [3.8, 4) is 0 Å². The normalized spacial score (nSPS) is 11.1. The Bertz CT molecular complexity index is 1410. The molecular weight excluding hydrogens is 543 g/mol. The SMILES string of the molecule is CC(=O)Nc1nc(C)c(S(=O)(=O)NN(C(=O)Nc2cccc(Cl)c2Cl)c2ccc([N+](=O)[O-])cc2)s1. The highest BCUT2D eigenvalue weighted by Crippen LogP contribution is 2.31. The van der Waals surface area contributed by atoms with Gasteiger partial charge in [0.15, 0.2) is 9.34 Å². The van der Waals surface area contributed by atoms with Gasteiger partial charge in [-0.25, -0.2) is 23.2 Å². The lowest BCUT2D eigenvalue weighted by Crippen LogP contribution is -2.48. The minimum Gasteiger partial charge on any atom is -0.305 e. The largest absolute Gasteiger partial charge is 0.341 e. The molecular formula is C19H16Cl2N6O6S2. The number of non-ortho nitro benzene ring substituents is 1. The first kappa shape index (κ1) is 26.3. The molecule has 35 heavy (non-hydrogen) atoms. The third-order valence-corrected chi connectivity index (χ3v) is 8.01. The topological polar surface area (TPSA) is 164 Å². The van der Waals surface area contributed by atoms with E-state index in [9.17, 15) is 28.1 Å². The molecule has 1 heterocycles. The van der Waals surface area contributed by atoms with Gasteiger partial charge in [-0.2, -0.15) is 0 Å². The number of hydrogen-bond donors (Lipinski definition) is 3. The van der Waals surface area contributed by atoms with Crippen molar-refractivity contribution in [3.63, 3.8) is 0 Å². The van der Waals surface area contributed by atoms with Gasteiger partial charge in [0.05, 0.1) is 32.0 Å². The van der Waals surface area contributed by atoms with E-state index in [-0.39, 0.29) is 42.1 Å². The van der Waals surface area contributed by atoms with Crippen molar-refractivity contribution >= 4 is 78.7 Å². The minimum atomic E-state index is -4.41. The molecule has 0 unspecified atom stereocenters. The Morgan fingerprint density at radius 2 is 1.77 bits per heavy atom. The highest BCUT2D eigenvalue weighted by Gasteiger charge is 2.29. The molecule has 184 valence electrons. The Balaban J connectivity index is 2.00. The van der Waals surface area contributed by atoms with Crippen LogP contribution >= 0.6 is 34.5 Å². The molecule has 0 aliphatic rings. The fourth-order valence-corrected chi connectivity index (χ4v) is 5.53. The van der Waals surface area contributed by atoms with E-state index in [0.717, 1.165) is 12.1 Å². The average molecular weight is 559 g/mol. The molecule has 12 nitrogen and oxygen atoms in total. The third kappa shape index (κ3) is 6.23. The minimum absolute atomic E-state index is 0.0206. The number of sulfonamides is 1. The van der Waals surface area contributed by atoms with E-state index < -0.39 is 26.9 Å². The number of hydrazine groups is 1. The van der Waals surface area contributed by atoms with Gasteiger partial charge in [0.2, 0.25) is 5.91 Å². The standard InChI is InChI=1S/C19H16Cl2N6O6S2/c1-10-17(34-18(22-10)23-11(2)28)35(32,33)25-26(12-6-8-13(9-7-12)27(30)31)19(29)24-15-5-3-4-14(20)16(15)21/h3-9,25H,1-2H3,(H,24,29)(H,22,23,28). The maximum absolute atomic E-state index is 13.2. The van der Waals surface area contributed by atoms with Crippen LogP contribution in [0.4, 0.5) is 27.0 Å². The third-order valence-electron chi connectivity index (χ3n) is 4.21. The van der Waals surface area contributed by atoms with Crippen molar-refractivity contribution in [1.29, 1.82) is 0 Å². The summed E-state index contributed by atoms with van der Waals surface area (Å²) in [4.78, 5) is 40.9. The predicted octanol–water partition coefficient (Wildman–Crippen LogP) is 4.56. The molecule has 16 heteroatoms. The number of anilines is 3. The van der Waals surface area contributed by atoms with Crippen LogP contribution in [0.15, 0.2) is 46.7 Å². The second-order valence-electron chi connectivity index (χ2n) is 6.81. The zero-order valence-electron chi connectivity index (χ0n) is 17.9. The number of carbonyl (C=O) groups excluding carboxylic acids is 2. The predicted molar refractivity (Wildman–Crippen MR) is 133 cm³/mol. The number of amides is 3. The monoisotopic (exact) mass is 558 g/mol. The van der Waals surface area contributed by atoms with Crippen LogP contribution in [-0.4, -0.2) is 30.3 Å². The summed E-state index contributed by atoms with van der Waals surface area (Å²) >= 11 is 12.8. The number of carbonyl (C=O) groups is 2. The lowest BCUT2D eigenvalue weighted by atomic mass is 10.3. The van der Waals surface area contributed by atoms with Gasteiger partial charge in [-0.3, -0.25) is 14.9 Å². The molecule has 0 saturated heterocycles. The summed E-state index contributed by atoms with van der Waals surface area (Å²) in [5, 5.41) is 16.7. The van der Waals surface area contributed by atoms with E-state index in [1.807, 2.05) is 0 Å². The molecule has 0 aliphatic heterocycles. The van der Waals surface area contributed by atoms with E-state index >= 15 is 0 Å². The smallest absolute Gasteiger partial charge is 0.305 e. The number of nitrogens with zero attached hydrogens (tertiary/aromatic N) is 3.